The van der Waals surface area contributed by atoms with Gasteiger partial charge in [-0.15, -0.1) is 11.3 Å². The highest BCUT2D eigenvalue weighted by atomic mass is 32.1. The number of amides is 2. The first kappa shape index (κ1) is 20.6. The van der Waals surface area contributed by atoms with Crippen molar-refractivity contribution in [2.24, 2.45) is 0 Å². The molecule has 0 saturated heterocycles. The molecule has 1 N–H and O–H groups in total. The van der Waals surface area contributed by atoms with Crippen LogP contribution in [0.3, 0.4) is 0 Å². The summed E-state index contributed by atoms with van der Waals surface area (Å²) in [6.07, 6.45) is 3.23. The summed E-state index contributed by atoms with van der Waals surface area (Å²) in [6, 6.07) is 7.65. The van der Waals surface area contributed by atoms with Crippen LogP contribution in [0.5, 0.6) is 0 Å². The van der Waals surface area contributed by atoms with Gasteiger partial charge in [0.1, 0.15) is 4.83 Å². The van der Waals surface area contributed by atoms with Crippen LogP contribution in [0.2, 0.25) is 0 Å². The molecule has 0 unspecified atom stereocenters. The fourth-order valence-electron chi connectivity index (χ4n) is 3.75. The second-order valence-electron chi connectivity index (χ2n) is 8.05. The molecular formula is C22H27N5O2S. The molecule has 1 aliphatic rings. The maximum absolute atomic E-state index is 13.0. The van der Waals surface area contributed by atoms with Gasteiger partial charge in [-0.3, -0.25) is 9.36 Å². The number of hydrogen-bond acceptors (Lipinski definition) is 5. The molecule has 0 atom stereocenters. The highest BCUT2D eigenvalue weighted by Crippen LogP contribution is 2.32. The number of anilines is 1. The zero-order chi connectivity index (χ0) is 21.3. The lowest BCUT2D eigenvalue weighted by Gasteiger charge is -2.27. The van der Waals surface area contributed by atoms with Crippen molar-refractivity contribution in [2.75, 3.05) is 32.5 Å². The summed E-state index contributed by atoms with van der Waals surface area (Å²) in [5.41, 5.74) is 3.04. The Hall–Kier alpha value is -2.71. The Morgan fingerprint density at radius 1 is 1.27 bits per heavy atom. The third-order valence-electron chi connectivity index (χ3n) is 5.42. The van der Waals surface area contributed by atoms with Crippen LogP contribution in [0, 0.1) is 6.92 Å². The summed E-state index contributed by atoms with van der Waals surface area (Å²) in [4.78, 5) is 36.0. The maximum atomic E-state index is 13.0. The van der Waals surface area contributed by atoms with E-state index in [9.17, 15) is 9.59 Å². The standard InChI is InChI=1S/C22H27N5O2S/c1-15-5-7-16(8-6-15)24-22(29)26-12-9-17-18(13-26)30-20-19(17)21(28)27(14-23-20)11-4-10-25(2)3/h5-8,14H,4,9-13H2,1-3H3,(H,24,29). The molecule has 3 aromatic rings. The van der Waals surface area contributed by atoms with E-state index >= 15 is 0 Å². The van der Waals surface area contributed by atoms with E-state index in [4.69, 9.17) is 0 Å². The molecule has 158 valence electrons. The van der Waals surface area contributed by atoms with E-state index in [0.29, 0.717) is 26.1 Å². The average molecular weight is 426 g/mol. The summed E-state index contributed by atoms with van der Waals surface area (Å²) in [5, 5.41) is 3.70. The van der Waals surface area contributed by atoms with Crippen LogP contribution >= 0.6 is 11.3 Å². The Kier molecular flexibility index (Phi) is 5.87. The van der Waals surface area contributed by atoms with Gasteiger partial charge in [-0.1, -0.05) is 17.7 Å². The SMILES string of the molecule is Cc1ccc(NC(=O)N2CCc3c(sc4ncn(CCCN(C)C)c(=O)c34)C2)cc1. The van der Waals surface area contributed by atoms with Crippen LogP contribution in [-0.2, 0) is 19.5 Å². The molecule has 4 rings (SSSR count). The summed E-state index contributed by atoms with van der Waals surface area (Å²) < 4.78 is 1.72. The second kappa shape index (κ2) is 8.57. The van der Waals surface area contributed by atoms with E-state index in [2.05, 4.69) is 15.2 Å². The lowest BCUT2D eigenvalue weighted by atomic mass is 10.1. The Morgan fingerprint density at radius 3 is 2.77 bits per heavy atom. The van der Waals surface area contributed by atoms with Gasteiger partial charge in [0.2, 0.25) is 0 Å². The van der Waals surface area contributed by atoms with Crippen molar-refractivity contribution in [3.63, 3.8) is 0 Å². The molecule has 0 aliphatic carbocycles. The molecule has 30 heavy (non-hydrogen) atoms. The average Bonchev–Trinajstić information content (AvgIpc) is 3.09. The number of carbonyl (C=O) groups excluding carboxylic acids is 1. The minimum absolute atomic E-state index is 0.0359. The van der Waals surface area contributed by atoms with Crippen LogP contribution < -0.4 is 10.9 Å². The fraction of sp³-hybridized carbons (Fsp3) is 0.409. The number of aromatic nitrogens is 2. The fourth-order valence-corrected chi connectivity index (χ4v) is 4.94. The van der Waals surface area contributed by atoms with Crippen molar-refractivity contribution in [3.05, 3.63) is 57.0 Å². The molecule has 0 radical (unpaired) electrons. The number of urea groups is 1. The van der Waals surface area contributed by atoms with E-state index in [-0.39, 0.29) is 11.6 Å². The minimum atomic E-state index is -0.115. The smallest absolute Gasteiger partial charge is 0.319 e. The molecule has 0 fully saturated rings. The number of nitrogens with zero attached hydrogens (tertiary/aromatic N) is 4. The van der Waals surface area contributed by atoms with Crippen LogP contribution in [0.25, 0.3) is 10.2 Å². The van der Waals surface area contributed by atoms with E-state index in [0.717, 1.165) is 44.9 Å². The van der Waals surface area contributed by atoms with Gasteiger partial charge in [-0.05, 0) is 58.1 Å². The molecule has 7 nitrogen and oxygen atoms in total. The third kappa shape index (κ3) is 4.24. The van der Waals surface area contributed by atoms with E-state index in [1.54, 1.807) is 15.8 Å². The number of nitrogens with one attached hydrogen (secondary N) is 1. The number of benzene rings is 1. The van der Waals surface area contributed by atoms with Crippen molar-refractivity contribution >= 4 is 33.3 Å². The molecule has 2 aromatic heterocycles. The topological polar surface area (TPSA) is 70.5 Å². The number of thiophene rings is 1. The van der Waals surface area contributed by atoms with Crippen molar-refractivity contribution in [1.82, 2.24) is 19.4 Å². The number of rotatable bonds is 5. The first-order chi connectivity index (χ1) is 14.4. The Balaban J connectivity index is 1.52. The Morgan fingerprint density at radius 2 is 2.03 bits per heavy atom. The summed E-state index contributed by atoms with van der Waals surface area (Å²) in [7, 11) is 4.06. The van der Waals surface area contributed by atoms with Crippen molar-refractivity contribution in [3.8, 4) is 0 Å². The normalized spacial score (nSPS) is 13.7. The molecule has 3 heterocycles. The zero-order valence-corrected chi connectivity index (χ0v) is 18.5. The highest BCUT2D eigenvalue weighted by molar-refractivity contribution is 7.18. The lowest BCUT2D eigenvalue weighted by molar-refractivity contribution is 0.207. The molecule has 0 saturated carbocycles. The largest absolute Gasteiger partial charge is 0.322 e. The van der Waals surface area contributed by atoms with Crippen molar-refractivity contribution in [2.45, 2.75) is 32.9 Å². The maximum Gasteiger partial charge on any atom is 0.322 e. The van der Waals surface area contributed by atoms with E-state index < -0.39 is 0 Å². The van der Waals surface area contributed by atoms with Gasteiger partial charge < -0.3 is 15.1 Å². The van der Waals surface area contributed by atoms with Crippen LogP contribution in [0.4, 0.5) is 10.5 Å². The van der Waals surface area contributed by atoms with Crippen molar-refractivity contribution in [1.29, 1.82) is 0 Å². The van der Waals surface area contributed by atoms with E-state index in [1.807, 2.05) is 45.3 Å². The molecule has 0 spiro atoms. The van der Waals surface area contributed by atoms with Gasteiger partial charge >= 0.3 is 6.03 Å². The van der Waals surface area contributed by atoms with Gasteiger partial charge in [0.05, 0.1) is 18.3 Å². The van der Waals surface area contributed by atoms with Gasteiger partial charge in [0, 0.05) is 23.7 Å². The predicted octanol–water partition coefficient (Wildman–Crippen LogP) is 3.31. The molecule has 2 amide bonds. The predicted molar refractivity (Wildman–Crippen MR) is 121 cm³/mol. The molecule has 0 bridgehead atoms. The quantitative estimate of drug-likeness (QED) is 0.681. The number of fused-ring (bicyclic) bond motifs is 3. The number of hydrogen-bond donors (Lipinski definition) is 1. The highest BCUT2D eigenvalue weighted by Gasteiger charge is 2.26. The number of aryl methyl sites for hydroxylation is 2. The van der Waals surface area contributed by atoms with Gasteiger partial charge in [0.25, 0.3) is 5.56 Å². The van der Waals surface area contributed by atoms with Gasteiger partial charge in [-0.2, -0.15) is 0 Å². The van der Waals surface area contributed by atoms with Gasteiger partial charge in [-0.25, -0.2) is 9.78 Å². The summed E-state index contributed by atoms with van der Waals surface area (Å²) >= 11 is 1.53. The molecule has 1 aromatic carbocycles. The van der Waals surface area contributed by atoms with E-state index in [1.165, 1.54) is 11.3 Å². The first-order valence-electron chi connectivity index (χ1n) is 10.2. The third-order valence-corrected chi connectivity index (χ3v) is 6.55. The first-order valence-corrected chi connectivity index (χ1v) is 11.0. The van der Waals surface area contributed by atoms with Crippen LogP contribution in [0.15, 0.2) is 35.4 Å². The summed E-state index contributed by atoms with van der Waals surface area (Å²) in [5.74, 6) is 0. The minimum Gasteiger partial charge on any atom is -0.319 e. The monoisotopic (exact) mass is 425 g/mol. The molecule has 1 aliphatic heterocycles. The van der Waals surface area contributed by atoms with Crippen LogP contribution in [-0.4, -0.2) is 52.6 Å². The Labute approximate surface area is 179 Å². The van der Waals surface area contributed by atoms with Crippen LogP contribution in [0.1, 0.15) is 22.4 Å². The van der Waals surface area contributed by atoms with Crippen molar-refractivity contribution < 1.29 is 4.79 Å². The molecular weight excluding hydrogens is 398 g/mol. The Bertz CT molecular complexity index is 1120. The van der Waals surface area contributed by atoms with Gasteiger partial charge in [0.15, 0.2) is 0 Å². The zero-order valence-electron chi connectivity index (χ0n) is 17.6. The summed E-state index contributed by atoms with van der Waals surface area (Å²) in [6.45, 7) is 4.70. The molecule has 8 heteroatoms. The lowest BCUT2D eigenvalue weighted by Crippen LogP contribution is -2.38. The number of carbonyl (C=O) groups is 1. The second-order valence-corrected chi connectivity index (χ2v) is 9.14.